The third-order valence-electron chi connectivity index (χ3n) is 0.946. The summed E-state index contributed by atoms with van der Waals surface area (Å²) in [6, 6.07) is 0. The SMILES string of the molecule is C#CC(=C)C(=O)OC(C)CCl. The van der Waals surface area contributed by atoms with E-state index in [2.05, 4.69) is 12.5 Å². The normalized spacial score (nSPS) is 11.4. The molecule has 0 aliphatic rings. The van der Waals surface area contributed by atoms with Crippen LogP contribution in [0.4, 0.5) is 0 Å². The molecule has 0 spiro atoms. The molecule has 0 aromatic rings. The highest BCUT2D eigenvalue weighted by atomic mass is 35.5. The third kappa shape index (κ3) is 3.69. The van der Waals surface area contributed by atoms with Gasteiger partial charge in [0, 0.05) is 0 Å². The van der Waals surface area contributed by atoms with Gasteiger partial charge in [0.2, 0.25) is 0 Å². The summed E-state index contributed by atoms with van der Waals surface area (Å²) in [6.07, 6.45) is 4.58. The Morgan fingerprint density at radius 2 is 2.45 bits per heavy atom. The largest absolute Gasteiger partial charge is 0.457 e. The minimum Gasteiger partial charge on any atom is -0.457 e. The molecular formula is C8H9ClO2. The van der Waals surface area contributed by atoms with Crippen molar-refractivity contribution in [3.63, 3.8) is 0 Å². The first kappa shape index (κ1) is 10.1. The Bertz CT molecular complexity index is 203. The maximum Gasteiger partial charge on any atom is 0.346 e. The molecule has 0 fully saturated rings. The van der Waals surface area contributed by atoms with Crippen molar-refractivity contribution in [3.05, 3.63) is 12.2 Å². The fourth-order valence-electron chi connectivity index (χ4n) is 0.344. The highest BCUT2D eigenvalue weighted by Gasteiger charge is 2.09. The van der Waals surface area contributed by atoms with E-state index >= 15 is 0 Å². The second-order valence-corrected chi connectivity index (χ2v) is 2.30. The van der Waals surface area contributed by atoms with Crippen molar-refractivity contribution in [1.29, 1.82) is 0 Å². The Morgan fingerprint density at radius 3 is 2.82 bits per heavy atom. The van der Waals surface area contributed by atoms with Crippen LogP contribution in [0.3, 0.4) is 0 Å². The third-order valence-corrected chi connectivity index (χ3v) is 1.38. The van der Waals surface area contributed by atoms with Gasteiger partial charge in [-0.05, 0) is 6.92 Å². The van der Waals surface area contributed by atoms with E-state index < -0.39 is 5.97 Å². The zero-order valence-electron chi connectivity index (χ0n) is 6.26. The molecule has 1 atom stereocenters. The smallest absolute Gasteiger partial charge is 0.346 e. The van der Waals surface area contributed by atoms with E-state index in [1.165, 1.54) is 0 Å². The molecule has 0 rings (SSSR count). The van der Waals surface area contributed by atoms with Crippen LogP contribution >= 0.6 is 11.6 Å². The number of terminal acetylenes is 1. The van der Waals surface area contributed by atoms with E-state index in [0.29, 0.717) is 0 Å². The van der Waals surface area contributed by atoms with Crippen LogP contribution in [0.25, 0.3) is 0 Å². The first-order valence-corrected chi connectivity index (χ1v) is 3.57. The van der Waals surface area contributed by atoms with Crippen molar-refractivity contribution in [1.82, 2.24) is 0 Å². The molecule has 11 heavy (non-hydrogen) atoms. The summed E-state index contributed by atoms with van der Waals surface area (Å²) >= 11 is 5.39. The second kappa shape index (κ2) is 4.81. The molecule has 0 aliphatic carbocycles. The Kier molecular flexibility index (Phi) is 4.40. The first-order valence-electron chi connectivity index (χ1n) is 3.04. The van der Waals surface area contributed by atoms with Gasteiger partial charge in [0.15, 0.2) is 0 Å². The molecular weight excluding hydrogens is 164 g/mol. The van der Waals surface area contributed by atoms with Crippen molar-refractivity contribution in [3.8, 4) is 12.3 Å². The average Bonchev–Trinajstić information content (AvgIpc) is 2.02. The van der Waals surface area contributed by atoms with E-state index in [1.807, 2.05) is 0 Å². The predicted molar refractivity (Wildman–Crippen MR) is 44.2 cm³/mol. The van der Waals surface area contributed by atoms with Crippen molar-refractivity contribution in [2.24, 2.45) is 0 Å². The lowest BCUT2D eigenvalue weighted by Gasteiger charge is -2.08. The van der Waals surface area contributed by atoms with Crippen LogP contribution in [-0.4, -0.2) is 18.0 Å². The summed E-state index contributed by atoms with van der Waals surface area (Å²) in [4.78, 5) is 10.8. The number of carbonyl (C=O) groups excluding carboxylic acids is 1. The lowest BCUT2D eigenvalue weighted by atomic mass is 10.3. The monoisotopic (exact) mass is 172 g/mol. The van der Waals surface area contributed by atoms with E-state index in [0.717, 1.165) is 0 Å². The number of carbonyl (C=O) groups is 1. The molecule has 0 heterocycles. The molecule has 0 aliphatic heterocycles. The summed E-state index contributed by atoms with van der Waals surface area (Å²) in [5.41, 5.74) is 0.0157. The summed E-state index contributed by atoms with van der Waals surface area (Å²) in [5.74, 6) is 1.75. The number of halogens is 1. The molecule has 0 saturated heterocycles. The Hall–Kier alpha value is -0.940. The van der Waals surface area contributed by atoms with E-state index in [9.17, 15) is 4.79 Å². The minimum absolute atomic E-state index is 0.0157. The number of hydrogen-bond donors (Lipinski definition) is 0. The van der Waals surface area contributed by atoms with Gasteiger partial charge in [-0.2, -0.15) is 0 Å². The van der Waals surface area contributed by atoms with Gasteiger partial charge < -0.3 is 4.74 Å². The fraction of sp³-hybridized carbons (Fsp3) is 0.375. The van der Waals surface area contributed by atoms with Crippen LogP contribution in [0.1, 0.15) is 6.92 Å². The van der Waals surface area contributed by atoms with Crippen molar-refractivity contribution in [2.75, 3.05) is 5.88 Å². The molecule has 2 nitrogen and oxygen atoms in total. The number of ether oxygens (including phenoxy) is 1. The van der Waals surface area contributed by atoms with Gasteiger partial charge in [0.05, 0.1) is 5.88 Å². The highest BCUT2D eigenvalue weighted by molar-refractivity contribution is 6.18. The molecule has 0 amide bonds. The standard InChI is InChI=1S/C8H9ClO2/c1-4-6(2)8(10)11-7(3)5-9/h1,7H,2,5H2,3H3. The number of rotatable bonds is 3. The molecule has 0 saturated carbocycles. The van der Waals surface area contributed by atoms with Gasteiger partial charge in [-0.25, -0.2) is 4.79 Å². The van der Waals surface area contributed by atoms with Gasteiger partial charge in [-0.1, -0.05) is 12.5 Å². The Morgan fingerprint density at radius 1 is 1.91 bits per heavy atom. The van der Waals surface area contributed by atoms with Gasteiger partial charge in [0.25, 0.3) is 0 Å². The molecule has 0 radical (unpaired) electrons. The van der Waals surface area contributed by atoms with Crippen molar-refractivity contribution >= 4 is 17.6 Å². The van der Waals surface area contributed by atoms with Crippen molar-refractivity contribution in [2.45, 2.75) is 13.0 Å². The van der Waals surface area contributed by atoms with Gasteiger partial charge in [0.1, 0.15) is 11.7 Å². The summed E-state index contributed by atoms with van der Waals surface area (Å²) < 4.78 is 4.74. The quantitative estimate of drug-likeness (QED) is 0.278. The zero-order chi connectivity index (χ0) is 8.85. The van der Waals surface area contributed by atoms with E-state index in [4.69, 9.17) is 22.8 Å². The lowest BCUT2D eigenvalue weighted by Crippen LogP contribution is -2.16. The van der Waals surface area contributed by atoms with Crippen molar-refractivity contribution < 1.29 is 9.53 Å². The molecule has 0 N–H and O–H groups in total. The lowest BCUT2D eigenvalue weighted by molar-refractivity contribution is -0.141. The Labute approximate surface area is 71.2 Å². The second-order valence-electron chi connectivity index (χ2n) is 1.99. The predicted octanol–water partition coefficient (Wildman–Crippen LogP) is 1.35. The zero-order valence-corrected chi connectivity index (χ0v) is 7.02. The van der Waals surface area contributed by atoms with Crippen LogP contribution in [0.5, 0.6) is 0 Å². The number of esters is 1. The average molecular weight is 173 g/mol. The van der Waals surface area contributed by atoms with Crippen LogP contribution in [0.15, 0.2) is 12.2 Å². The van der Waals surface area contributed by atoms with Crippen LogP contribution in [-0.2, 0) is 9.53 Å². The molecule has 1 unspecified atom stereocenters. The molecule has 0 aromatic heterocycles. The first-order chi connectivity index (χ1) is 5.11. The molecule has 0 aromatic carbocycles. The fourth-order valence-corrected chi connectivity index (χ4v) is 0.407. The maximum atomic E-state index is 10.8. The highest BCUT2D eigenvalue weighted by Crippen LogP contribution is 1.99. The summed E-state index contributed by atoms with van der Waals surface area (Å²) in [5, 5.41) is 0. The van der Waals surface area contributed by atoms with E-state index in [1.54, 1.807) is 6.92 Å². The topological polar surface area (TPSA) is 26.3 Å². The van der Waals surface area contributed by atoms with Gasteiger partial charge in [-0.3, -0.25) is 0 Å². The summed E-state index contributed by atoms with van der Waals surface area (Å²) in [6.45, 7) is 4.98. The van der Waals surface area contributed by atoms with Crippen LogP contribution in [0, 0.1) is 12.3 Å². The summed E-state index contributed by atoms with van der Waals surface area (Å²) in [7, 11) is 0. The Balaban J connectivity index is 3.90. The minimum atomic E-state index is -0.583. The molecule has 3 heteroatoms. The number of alkyl halides is 1. The van der Waals surface area contributed by atoms with Gasteiger partial charge in [-0.15, -0.1) is 18.0 Å². The van der Waals surface area contributed by atoms with Crippen LogP contribution < -0.4 is 0 Å². The maximum absolute atomic E-state index is 10.8. The number of hydrogen-bond acceptors (Lipinski definition) is 2. The van der Waals surface area contributed by atoms with Gasteiger partial charge >= 0.3 is 5.97 Å². The molecule has 0 bridgehead atoms. The van der Waals surface area contributed by atoms with E-state index in [-0.39, 0.29) is 17.6 Å². The van der Waals surface area contributed by atoms with Crippen LogP contribution in [0.2, 0.25) is 0 Å². The molecule has 60 valence electrons.